The number of carbonyl (C=O) groups excluding carboxylic acids is 3. The van der Waals surface area contributed by atoms with Gasteiger partial charge in [0, 0.05) is 18.7 Å². The summed E-state index contributed by atoms with van der Waals surface area (Å²) in [4.78, 5) is 44.1. The molecule has 7 nitrogen and oxygen atoms in total. The van der Waals surface area contributed by atoms with E-state index in [-0.39, 0.29) is 18.2 Å². The summed E-state index contributed by atoms with van der Waals surface area (Å²) in [6.07, 6.45) is 3.25. The zero-order chi connectivity index (χ0) is 34.0. The summed E-state index contributed by atoms with van der Waals surface area (Å²) in [5, 5.41) is 8.06. The average Bonchev–Trinajstić information content (AvgIpc) is 3.02. The molecule has 0 heterocycles. The molecule has 248 valence electrons. The van der Waals surface area contributed by atoms with Gasteiger partial charge in [-0.05, 0) is 80.6 Å². The number of hydrogen-bond acceptors (Lipinski definition) is 4. The molecule has 0 bridgehead atoms. The molecule has 7 heteroatoms. The molecule has 0 spiro atoms. The summed E-state index contributed by atoms with van der Waals surface area (Å²) in [5.41, 5.74) is 3.51. The Balaban J connectivity index is 1.77. The molecule has 47 heavy (non-hydrogen) atoms. The van der Waals surface area contributed by atoms with Gasteiger partial charge in [-0.15, -0.1) is 0 Å². The molecular formula is C40H49N3O4. The molecule has 3 amide bonds. The lowest BCUT2D eigenvalue weighted by molar-refractivity contribution is -0.140. The van der Waals surface area contributed by atoms with E-state index in [0.29, 0.717) is 12.2 Å². The maximum atomic E-state index is 14.8. The van der Waals surface area contributed by atoms with E-state index in [2.05, 4.69) is 17.6 Å². The first-order valence-corrected chi connectivity index (χ1v) is 16.7. The summed E-state index contributed by atoms with van der Waals surface area (Å²) >= 11 is 0. The van der Waals surface area contributed by atoms with Crippen LogP contribution in [0.2, 0.25) is 0 Å². The first-order valence-electron chi connectivity index (χ1n) is 16.7. The number of ether oxygens (including phenoxy) is 1. The number of nitrogens with zero attached hydrogens (tertiary/aromatic N) is 1. The van der Waals surface area contributed by atoms with Crippen LogP contribution >= 0.6 is 0 Å². The Morgan fingerprint density at radius 3 is 2.19 bits per heavy atom. The van der Waals surface area contributed by atoms with Crippen LogP contribution in [0.1, 0.15) is 81.7 Å². The van der Waals surface area contributed by atoms with E-state index in [9.17, 15) is 14.4 Å². The summed E-state index contributed by atoms with van der Waals surface area (Å²) in [7, 11) is 0. The number of unbranched alkanes of at least 4 members (excludes halogenated alkanes) is 3. The summed E-state index contributed by atoms with van der Waals surface area (Å²) < 4.78 is 5.59. The van der Waals surface area contributed by atoms with Gasteiger partial charge in [-0.1, -0.05) is 111 Å². The highest BCUT2D eigenvalue weighted by Gasteiger charge is 2.37. The van der Waals surface area contributed by atoms with Crippen molar-refractivity contribution in [2.45, 2.75) is 91.3 Å². The van der Waals surface area contributed by atoms with Crippen molar-refractivity contribution in [3.63, 3.8) is 0 Å². The largest absolute Gasteiger partial charge is 0.444 e. The molecular weight excluding hydrogens is 586 g/mol. The van der Waals surface area contributed by atoms with Crippen molar-refractivity contribution >= 4 is 34.4 Å². The third-order valence-corrected chi connectivity index (χ3v) is 8.10. The fraction of sp³-hybridized carbons (Fsp3) is 0.375. The van der Waals surface area contributed by atoms with E-state index < -0.39 is 23.8 Å². The Hall–Kier alpha value is -4.65. The average molecular weight is 636 g/mol. The molecule has 4 aromatic carbocycles. The van der Waals surface area contributed by atoms with Gasteiger partial charge in [0.25, 0.3) is 5.91 Å². The minimum absolute atomic E-state index is 0.246. The Bertz CT molecular complexity index is 1660. The number of aryl methyl sites for hydroxylation is 2. The van der Waals surface area contributed by atoms with Gasteiger partial charge in [-0.3, -0.25) is 9.59 Å². The highest BCUT2D eigenvalue weighted by atomic mass is 16.6. The van der Waals surface area contributed by atoms with Crippen molar-refractivity contribution in [1.82, 2.24) is 10.2 Å². The maximum Gasteiger partial charge on any atom is 0.408 e. The van der Waals surface area contributed by atoms with E-state index in [1.807, 2.05) is 105 Å². The molecule has 4 rings (SSSR count). The lowest BCUT2D eigenvalue weighted by Crippen LogP contribution is -2.53. The second-order valence-electron chi connectivity index (χ2n) is 13.3. The number of nitrogens with one attached hydrogen (secondary N) is 2. The van der Waals surface area contributed by atoms with Gasteiger partial charge in [0.05, 0.1) is 0 Å². The van der Waals surface area contributed by atoms with Gasteiger partial charge in [0.2, 0.25) is 5.91 Å². The van der Waals surface area contributed by atoms with Crippen molar-refractivity contribution in [3.8, 4) is 0 Å². The molecule has 0 aliphatic rings. The normalized spacial score (nSPS) is 12.6. The number of rotatable bonds is 13. The lowest BCUT2D eigenvalue weighted by Gasteiger charge is -2.35. The fourth-order valence-corrected chi connectivity index (χ4v) is 5.84. The molecule has 0 fully saturated rings. The Labute approximate surface area is 279 Å². The fourth-order valence-electron chi connectivity index (χ4n) is 5.84. The lowest BCUT2D eigenvalue weighted by atomic mass is 9.95. The molecule has 2 N–H and O–H groups in total. The van der Waals surface area contributed by atoms with Crippen molar-refractivity contribution in [2.24, 2.45) is 0 Å². The Kier molecular flexibility index (Phi) is 12.2. The number of carbonyl (C=O) groups is 3. The maximum absolute atomic E-state index is 14.8. The van der Waals surface area contributed by atoms with Crippen LogP contribution in [0.25, 0.3) is 10.8 Å². The van der Waals surface area contributed by atoms with Crippen LogP contribution in [0.5, 0.6) is 0 Å². The standard InChI is InChI=1S/C40H49N3O4/c1-7-8-9-15-24-43(38(45)35(26-30-16-11-10-12-17-30)42-39(46)47-40(4,5)6)36(34-23-20-28(2)25-29(34)3)37(44)41-33-22-21-31-18-13-14-19-32(31)27-33/h10-14,16-23,25,27,35-36H,7-9,15,24,26H2,1-6H3,(H,41,44)(H,42,46). The smallest absolute Gasteiger partial charge is 0.408 e. The minimum Gasteiger partial charge on any atom is -0.444 e. The van der Waals surface area contributed by atoms with E-state index >= 15 is 0 Å². The van der Waals surface area contributed by atoms with Crippen LogP contribution in [0.4, 0.5) is 10.5 Å². The number of amides is 3. The minimum atomic E-state index is -0.958. The highest BCUT2D eigenvalue weighted by Crippen LogP contribution is 2.29. The molecule has 0 saturated heterocycles. The molecule has 4 aromatic rings. The van der Waals surface area contributed by atoms with Crippen molar-refractivity contribution in [2.75, 3.05) is 11.9 Å². The number of hydrogen-bond donors (Lipinski definition) is 2. The van der Waals surface area contributed by atoms with Crippen LogP contribution < -0.4 is 10.6 Å². The van der Waals surface area contributed by atoms with Gasteiger partial charge in [-0.25, -0.2) is 4.79 Å². The molecule has 2 unspecified atom stereocenters. The van der Waals surface area contributed by atoms with Gasteiger partial charge in [0.15, 0.2) is 0 Å². The van der Waals surface area contributed by atoms with E-state index in [4.69, 9.17) is 4.74 Å². The van der Waals surface area contributed by atoms with Crippen molar-refractivity contribution in [3.05, 3.63) is 113 Å². The summed E-state index contributed by atoms with van der Waals surface area (Å²) in [6, 6.07) is 27.4. The highest BCUT2D eigenvalue weighted by molar-refractivity contribution is 6.00. The SMILES string of the molecule is CCCCCCN(C(=O)C(Cc1ccccc1)NC(=O)OC(C)(C)C)C(C(=O)Nc1ccc2ccccc2c1)c1ccc(C)cc1C. The zero-order valence-electron chi connectivity index (χ0n) is 28.6. The van der Waals surface area contributed by atoms with Crippen LogP contribution in [-0.4, -0.2) is 41.0 Å². The van der Waals surface area contributed by atoms with Gasteiger partial charge < -0.3 is 20.3 Å². The number of alkyl carbamates (subject to hydrolysis) is 1. The van der Waals surface area contributed by atoms with Crippen LogP contribution in [-0.2, 0) is 20.7 Å². The van der Waals surface area contributed by atoms with E-state index in [1.54, 1.807) is 25.7 Å². The van der Waals surface area contributed by atoms with Crippen LogP contribution in [0.3, 0.4) is 0 Å². The number of benzene rings is 4. The predicted molar refractivity (Wildman–Crippen MR) is 190 cm³/mol. The number of anilines is 1. The van der Waals surface area contributed by atoms with E-state index in [0.717, 1.165) is 58.7 Å². The first kappa shape index (κ1) is 35.2. The first-order chi connectivity index (χ1) is 22.4. The van der Waals surface area contributed by atoms with Gasteiger partial charge in [0.1, 0.15) is 17.7 Å². The van der Waals surface area contributed by atoms with Gasteiger partial charge in [-0.2, -0.15) is 0 Å². The molecule has 2 atom stereocenters. The van der Waals surface area contributed by atoms with Crippen LogP contribution in [0.15, 0.2) is 91.0 Å². The molecule has 0 saturated carbocycles. The molecule has 0 radical (unpaired) electrons. The second-order valence-corrected chi connectivity index (χ2v) is 13.3. The molecule has 0 aromatic heterocycles. The van der Waals surface area contributed by atoms with Gasteiger partial charge >= 0.3 is 6.09 Å². The van der Waals surface area contributed by atoms with Crippen LogP contribution in [0, 0.1) is 13.8 Å². The second kappa shape index (κ2) is 16.3. The quantitative estimate of drug-likeness (QED) is 0.144. The summed E-state index contributed by atoms with van der Waals surface area (Å²) in [6.45, 7) is 11.8. The molecule has 0 aliphatic heterocycles. The summed E-state index contributed by atoms with van der Waals surface area (Å²) in [5.74, 6) is -0.651. The van der Waals surface area contributed by atoms with Crippen molar-refractivity contribution in [1.29, 1.82) is 0 Å². The Morgan fingerprint density at radius 1 is 0.809 bits per heavy atom. The molecule has 0 aliphatic carbocycles. The third kappa shape index (κ3) is 10.2. The predicted octanol–water partition coefficient (Wildman–Crippen LogP) is 8.68. The Morgan fingerprint density at radius 2 is 1.51 bits per heavy atom. The zero-order valence-corrected chi connectivity index (χ0v) is 28.6. The van der Waals surface area contributed by atoms with E-state index in [1.165, 1.54) is 0 Å². The topological polar surface area (TPSA) is 87.7 Å². The monoisotopic (exact) mass is 635 g/mol. The van der Waals surface area contributed by atoms with Crippen molar-refractivity contribution < 1.29 is 19.1 Å². The third-order valence-electron chi connectivity index (χ3n) is 8.10. The number of fused-ring (bicyclic) bond motifs is 1.